The van der Waals surface area contributed by atoms with Gasteiger partial charge in [0.2, 0.25) is 0 Å². The van der Waals surface area contributed by atoms with Crippen molar-refractivity contribution in [3.05, 3.63) is 0 Å². The van der Waals surface area contributed by atoms with Gasteiger partial charge < -0.3 is 14.2 Å². The molecule has 4 nitrogen and oxygen atoms in total. The molecule has 1 aliphatic heterocycles. The molecule has 0 aromatic carbocycles. The van der Waals surface area contributed by atoms with Gasteiger partial charge in [0, 0.05) is 25.1 Å². The topological polar surface area (TPSA) is 47.6 Å². The molecule has 0 bridgehead atoms. The van der Waals surface area contributed by atoms with Crippen molar-refractivity contribution >= 4 is 22.4 Å². The van der Waals surface area contributed by atoms with Gasteiger partial charge in [-0.05, 0) is 55.5 Å². The summed E-state index contributed by atoms with van der Waals surface area (Å²) in [6, 6.07) is 0.401. The van der Waals surface area contributed by atoms with Crippen LogP contribution in [0, 0.1) is 5.92 Å². The van der Waals surface area contributed by atoms with Crippen molar-refractivity contribution < 1.29 is 13.6 Å². The van der Waals surface area contributed by atoms with Crippen LogP contribution in [0.25, 0.3) is 0 Å². The monoisotopic (exact) mass is 429 g/mol. The molecule has 1 heterocycles. The van der Waals surface area contributed by atoms with Gasteiger partial charge in [-0.3, -0.25) is 4.79 Å². The number of nitrogens with one attached hydrogen (secondary N) is 1. The number of ketones is 1. The zero-order chi connectivity index (χ0) is 22.1. The van der Waals surface area contributed by atoms with Gasteiger partial charge in [-0.2, -0.15) is 0 Å². The molecule has 0 saturated carbocycles. The highest BCUT2D eigenvalue weighted by molar-refractivity contribution is 6.74. The molecule has 0 unspecified atom stereocenters. The third kappa shape index (κ3) is 6.76. The molecule has 0 radical (unpaired) electrons. The number of Topliss-reactive ketones (excluding diaryl/α,β-unsaturated/α-hetero) is 1. The predicted octanol–water partition coefficient (Wildman–Crippen LogP) is 5.74. The van der Waals surface area contributed by atoms with E-state index in [9.17, 15) is 4.79 Å². The average molecular weight is 430 g/mol. The number of rotatable bonds is 7. The van der Waals surface area contributed by atoms with E-state index in [2.05, 4.69) is 80.0 Å². The minimum Gasteiger partial charge on any atom is -0.415 e. The Balaban J connectivity index is 2.98. The highest BCUT2D eigenvalue weighted by Gasteiger charge is 2.45. The minimum absolute atomic E-state index is 0.177. The van der Waals surface area contributed by atoms with E-state index in [0.29, 0.717) is 18.9 Å². The van der Waals surface area contributed by atoms with Crippen molar-refractivity contribution in [2.45, 2.75) is 123 Å². The Hall–Kier alpha value is -0.0162. The first-order valence-corrected chi connectivity index (χ1v) is 16.8. The van der Waals surface area contributed by atoms with Crippen molar-refractivity contribution in [1.29, 1.82) is 0 Å². The first-order valence-electron chi connectivity index (χ1n) is 10.9. The van der Waals surface area contributed by atoms with Crippen LogP contribution in [0.15, 0.2) is 0 Å². The van der Waals surface area contributed by atoms with E-state index in [0.717, 1.165) is 6.42 Å². The number of hydrogen-bond acceptors (Lipinski definition) is 4. The summed E-state index contributed by atoms with van der Waals surface area (Å²) in [5.74, 6) is 0.601. The van der Waals surface area contributed by atoms with Crippen LogP contribution < -0.4 is 5.32 Å². The van der Waals surface area contributed by atoms with Gasteiger partial charge in [-0.25, -0.2) is 0 Å². The fourth-order valence-electron chi connectivity index (χ4n) is 3.19. The van der Waals surface area contributed by atoms with Crippen molar-refractivity contribution in [2.75, 3.05) is 6.61 Å². The molecule has 1 fully saturated rings. The Labute approximate surface area is 176 Å². The van der Waals surface area contributed by atoms with Crippen LogP contribution in [0.3, 0.4) is 0 Å². The van der Waals surface area contributed by atoms with Crippen molar-refractivity contribution in [2.24, 2.45) is 5.92 Å². The average Bonchev–Trinajstić information content (AvgIpc) is 2.45. The molecule has 4 atom stereocenters. The lowest BCUT2D eigenvalue weighted by Gasteiger charge is -2.47. The summed E-state index contributed by atoms with van der Waals surface area (Å²) in [7, 11) is -3.68. The summed E-state index contributed by atoms with van der Waals surface area (Å²) in [6.45, 7) is 27.6. The largest absolute Gasteiger partial charge is 0.415 e. The lowest BCUT2D eigenvalue weighted by molar-refractivity contribution is -0.118. The van der Waals surface area contributed by atoms with Gasteiger partial charge in [0.25, 0.3) is 0 Å². The summed E-state index contributed by atoms with van der Waals surface area (Å²) in [5, 5.41) is 4.10. The van der Waals surface area contributed by atoms with Gasteiger partial charge in [0.05, 0.1) is 6.10 Å². The number of hydrogen-bond donors (Lipinski definition) is 1. The van der Waals surface area contributed by atoms with Gasteiger partial charge in [0.15, 0.2) is 16.6 Å². The van der Waals surface area contributed by atoms with Crippen LogP contribution in [-0.2, 0) is 13.6 Å². The smallest absolute Gasteiger partial charge is 0.192 e. The molecule has 0 aromatic heterocycles. The number of carbonyl (C=O) groups excluding carboxylic acids is 1. The molecule has 0 aromatic rings. The van der Waals surface area contributed by atoms with E-state index >= 15 is 0 Å². The minimum atomic E-state index is -1.87. The maximum absolute atomic E-state index is 11.8. The van der Waals surface area contributed by atoms with Crippen molar-refractivity contribution in [1.82, 2.24) is 5.32 Å². The quantitative estimate of drug-likeness (QED) is 0.524. The number of piperidine rings is 1. The molecule has 1 saturated heterocycles. The van der Waals surface area contributed by atoms with Crippen LogP contribution in [-0.4, -0.2) is 47.2 Å². The second kappa shape index (κ2) is 9.00. The second-order valence-corrected chi connectivity index (χ2v) is 21.5. The third-order valence-electron chi connectivity index (χ3n) is 7.40. The number of carbonyl (C=O) groups is 1. The summed E-state index contributed by atoms with van der Waals surface area (Å²) in [6.07, 6.45) is 1.66. The zero-order valence-electron chi connectivity index (χ0n) is 20.7. The first-order chi connectivity index (χ1) is 12.4. The second-order valence-electron chi connectivity index (χ2n) is 12.0. The maximum atomic E-state index is 11.8. The van der Waals surface area contributed by atoms with E-state index < -0.39 is 16.6 Å². The van der Waals surface area contributed by atoms with E-state index in [1.54, 1.807) is 6.92 Å². The Morgan fingerprint density at radius 1 is 1.00 bits per heavy atom. The summed E-state index contributed by atoms with van der Waals surface area (Å²) in [4.78, 5) is 11.8. The fourth-order valence-corrected chi connectivity index (χ4v) is 5.64. The predicted molar refractivity (Wildman–Crippen MR) is 125 cm³/mol. The molecule has 0 amide bonds. The Bertz CT molecular complexity index is 535. The van der Waals surface area contributed by atoms with Crippen LogP contribution in [0.1, 0.15) is 68.2 Å². The molecule has 1 aliphatic rings. The molecular formula is C22H47NO3Si2. The summed E-state index contributed by atoms with van der Waals surface area (Å²) in [5.41, 5.74) is 0. The molecule has 28 heavy (non-hydrogen) atoms. The summed E-state index contributed by atoms with van der Waals surface area (Å²) < 4.78 is 13.4. The molecular weight excluding hydrogens is 382 g/mol. The van der Waals surface area contributed by atoms with E-state index in [-0.39, 0.29) is 34.0 Å². The lowest BCUT2D eigenvalue weighted by atomic mass is 9.85. The molecule has 1 rings (SSSR count). The van der Waals surface area contributed by atoms with Gasteiger partial charge in [-0.15, -0.1) is 0 Å². The Kier molecular flexibility index (Phi) is 8.37. The van der Waals surface area contributed by atoms with Crippen LogP contribution in [0.4, 0.5) is 0 Å². The van der Waals surface area contributed by atoms with E-state index in [4.69, 9.17) is 8.85 Å². The molecule has 166 valence electrons. The summed E-state index contributed by atoms with van der Waals surface area (Å²) >= 11 is 0. The first kappa shape index (κ1) is 26.0. The maximum Gasteiger partial charge on any atom is 0.192 e. The Morgan fingerprint density at radius 2 is 1.50 bits per heavy atom. The van der Waals surface area contributed by atoms with Crippen molar-refractivity contribution in [3.8, 4) is 0 Å². The molecule has 1 N–H and O–H groups in total. The SMILES string of the molecule is CC(=O)C[C@H]1C[C@H](O[Si](C)(C)C(C)(C)C)[C@H](C)[C@@H](CO[Si](C)(C)C(C)(C)C)N1. The molecule has 0 spiro atoms. The standard InChI is InChI=1S/C22H47NO3Si2/c1-16(24)13-18-14-20(26-28(11,12)22(6,7)8)17(2)19(23-18)15-25-27(9,10)21(3,4)5/h17-20,23H,13-15H2,1-12H3/t17-,18+,19-,20+/m1/s1. The zero-order valence-corrected chi connectivity index (χ0v) is 22.7. The van der Waals surface area contributed by atoms with Crippen LogP contribution >= 0.6 is 0 Å². The normalized spacial score (nSPS) is 27.7. The lowest BCUT2D eigenvalue weighted by Crippen LogP contribution is -2.59. The van der Waals surface area contributed by atoms with Gasteiger partial charge in [0.1, 0.15) is 5.78 Å². The third-order valence-corrected chi connectivity index (χ3v) is 16.4. The van der Waals surface area contributed by atoms with Crippen molar-refractivity contribution in [3.63, 3.8) is 0 Å². The highest BCUT2D eigenvalue weighted by atomic mass is 28.4. The van der Waals surface area contributed by atoms with E-state index in [1.165, 1.54) is 0 Å². The van der Waals surface area contributed by atoms with E-state index in [1.807, 2.05) is 0 Å². The van der Waals surface area contributed by atoms with Gasteiger partial charge >= 0.3 is 0 Å². The van der Waals surface area contributed by atoms with Gasteiger partial charge in [-0.1, -0.05) is 48.5 Å². The molecule has 6 heteroatoms. The van der Waals surface area contributed by atoms with Crippen LogP contribution in [0.2, 0.25) is 36.3 Å². The highest BCUT2D eigenvalue weighted by Crippen LogP contribution is 2.40. The molecule has 0 aliphatic carbocycles. The fraction of sp³-hybridized carbons (Fsp3) is 0.955. The van der Waals surface area contributed by atoms with Crippen LogP contribution in [0.5, 0.6) is 0 Å². The Morgan fingerprint density at radius 3 is 1.93 bits per heavy atom.